The van der Waals surface area contributed by atoms with Crippen LogP contribution < -0.4 is 0 Å². The monoisotopic (exact) mass is 180 g/mol. The Hall–Kier alpha value is -1.26. The minimum absolute atomic E-state index is 0.337. The van der Waals surface area contributed by atoms with E-state index in [1.54, 1.807) is 4.68 Å². The molecule has 0 unspecified atom stereocenters. The summed E-state index contributed by atoms with van der Waals surface area (Å²) < 4.78 is 1.66. The lowest BCUT2D eigenvalue weighted by molar-refractivity contribution is 0.110. The van der Waals surface area contributed by atoms with Crippen molar-refractivity contribution in [3.63, 3.8) is 0 Å². The van der Waals surface area contributed by atoms with Crippen LogP contribution in [0.25, 0.3) is 0 Å². The smallest absolute Gasteiger partial charge is 0.215 e. The van der Waals surface area contributed by atoms with E-state index in [1.807, 2.05) is 0 Å². The van der Waals surface area contributed by atoms with Gasteiger partial charge in [-0.15, -0.1) is 5.10 Å². The van der Waals surface area contributed by atoms with Gasteiger partial charge in [-0.25, -0.2) is 4.68 Å². The molecule has 0 radical (unpaired) electrons. The van der Waals surface area contributed by atoms with E-state index < -0.39 is 0 Å². The fourth-order valence-electron chi connectivity index (χ4n) is 1.86. The van der Waals surface area contributed by atoms with Gasteiger partial charge in [-0.3, -0.25) is 4.79 Å². The van der Waals surface area contributed by atoms with Crippen molar-refractivity contribution in [3.8, 4) is 0 Å². The first-order valence-electron chi connectivity index (χ1n) is 4.65. The number of carbonyl (C=O) groups is 1. The molecule has 1 aromatic rings. The van der Waals surface area contributed by atoms with Crippen molar-refractivity contribution in [2.24, 2.45) is 0 Å². The van der Waals surface area contributed by atoms with E-state index >= 15 is 0 Å². The van der Waals surface area contributed by atoms with E-state index in [9.17, 15) is 4.79 Å². The van der Waals surface area contributed by atoms with Crippen molar-refractivity contribution in [2.75, 3.05) is 0 Å². The summed E-state index contributed by atoms with van der Waals surface area (Å²) in [6.45, 7) is 0. The highest BCUT2D eigenvalue weighted by Crippen LogP contribution is 2.27. The summed E-state index contributed by atoms with van der Waals surface area (Å²) in [5.41, 5.74) is 0. The molecule has 0 atom stereocenters. The highest BCUT2D eigenvalue weighted by atomic mass is 16.1. The summed E-state index contributed by atoms with van der Waals surface area (Å²) in [5.74, 6) is 0.354. The van der Waals surface area contributed by atoms with Crippen LogP contribution in [-0.4, -0.2) is 26.5 Å². The van der Waals surface area contributed by atoms with Gasteiger partial charge in [0.15, 0.2) is 6.29 Å². The number of aldehydes is 1. The number of nitrogens with zero attached hydrogens (tertiary/aromatic N) is 4. The summed E-state index contributed by atoms with van der Waals surface area (Å²) in [5, 5.41) is 11.0. The second-order valence-corrected chi connectivity index (χ2v) is 3.39. The predicted octanol–water partition coefficient (Wildman–Crippen LogP) is 0.991. The van der Waals surface area contributed by atoms with Gasteiger partial charge in [0.05, 0.1) is 6.04 Å². The maximum atomic E-state index is 10.6. The van der Waals surface area contributed by atoms with Crippen LogP contribution >= 0.6 is 0 Å². The Morgan fingerprint density at radius 2 is 2.08 bits per heavy atom. The predicted molar refractivity (Wildman–Crippen MR) is 45.3 cm³/mol. The molecular formula is C8H12N4O. The fraction of sp³-hybridized carbons (Fsp3) is 0.750. The second kappa shape index (κ2) is 3.64. The van der Waals surface area contributed by atoms with E-state index in [-0.39, 0.29) is 0 Å². The first-order chi connectivity index (χ1) is 6.42. The average molecular weight is 180 g/mol. The normalized spacial score (nSPS) is 18.8. The van der Waals surface area contributed by atoms with Crippen LogP contribution in [0.2, 0.25) is 0 Å². The van der Waals surface area contributed by atoms with Crippen LogP contribution in [0.1, 0.15) is 48.8 Å². The fourth-order valence-corrected chi connectivity index (χ4v) is 1.86. The van der Waals surface area contributed by atoms with Gasteiger partial charge in [-0.2, -0.15) is 0 Å². The molecule has 0 amide bonds. The number of aromatic nitrogens is 4. The Kier molecular flexibility index (Phi) is 2.33. The van der Waals surface area contributed by atoms with E-state index in [0.29, 0.717) is 18.2 Å². The van der Waals surface area contributed by atoms with Crippen LogP contribution in [0.15, 0.2) is 0 Å². The Morgan fingerprint density at radius 3 is 2.77 bits per heavy atom. The molecule has 5 nitrogen and oxygen atoms in total. The molecule has 13 heavy (non-hydrogen) atoms. The van der Waals surface area contributed by atoms with Crippen LogP contribution in [0.5, 0.6) is 0 Å². The topological polar surface area (TPSA) is 60.7 Å². The molecule has 1 aromatic heterocycles. The summed E-state index contributed by atoms with van der Waals surface area (Å²) in [7, 11) is 0. The molecule has 70 valence electrons. The highest BCUT2D eigenvalue weighted by molar-refractivity contribution is 5.68. The third-order valence-corrected chi connectivity index (χ3v) is 2.54. The van der Waals surface area contributed by atoms with Gasteiger partial charge in [0.2, 0.25) is 5.82 Å². The highest BCUT2D eigenvalue weighted by Gasteiger charge is 2.19. The zero-order chi connectivity index (χ0) is 9.10. The molecule has 0 aromatic carbocycles. The van der Waals surface area contributed by atoms with Gasteiger partial charge >= 0.3 is 0 Å². The molecule has 0 bridgehead atoms. The SMILES string of the molecule is O=Cc1nnnn1C1CCCCC1. The Bertz CT molecular complexity index is 290. The molecule has 0 N–H and O–H groups in total. The van der Waals surface area contributed by atoms with E-state index in [2.05, 4.69) is 15.5 Å². The molecule has 1 aliphatic rings. The number of tetrazole rings is 1. The molecule has 1 heterocycles. The Morgan fingerprint density at radius 1 is 1.31 bits per heavy atom. The van der Waals surface area contributed by atoms with Gasteiger partial charge in [0, 0.05) is 0 Å². The molecule has 0 aliphatic heterocycles. The maximum absolute atomic E-state index is 10.6. The van der Waals surface area contributed by atoms with Crippen LogP contribution in [0.4, 0.5) is 0 Å². The first-order valence-corrected chi connectivity index (χ1v) is 4.65. The van der Waals surface area contributed by atoms with Crippen LogP contribution in [0, 0.1) is 0 Å². The first kappa shape index (κ1) is 8.34. The van der Waals surface area contributed by atoms with Crippen LogP contribution in [0.3, 0.4) is 0 Å². The summed E-state index contributed by atoms with van der Waals surface area (Å²) >= 11 is 0. The molecule has 0 saturated heterocycles. The summed E-state index contributed by atoms with van der Waals surface area (Å²) in [6, 6.07) is 0.337. The third kappa shape index (κ3) is 1.59. The number of hydrogen-bond donors (Lipinski definition) is 0. The van der Waals surface area contributed by atoms with Crippen molar-refractivity contribution in [1.82, 2.24) is 20.2 Å². The molecule has 1 fully saturated rings. The Balaban J connectivity index is 2.17. The maximum Gasteiger partial charge on any atom is 0.215 e. The lowest BCUT2D eigenvalue weighted by Gasteiger charge is -2.21. The van der Waals surface area contributed by atoms with E-state index in [4.69, 9.17) is 0 Å². The zero-order valence-corrected chi connectivity index (χ0v) is 7.39. The van der Waals surface area contributed by atoms with Crippen molar-refractivity contribution in [2.45, 2.75) is 38.1 Å². The van der Waals surface area contributed by atoms with Gasteiger partial charge in [0.1, 0.15) is 0 Å². The molecule has 0 spiro atoms. The quantitative estimate of drug-likeness (QED) is 0.637. The molecule has 5 heteroatoms. The van der Waals surface area contributed by atoms with Gasteiger partial charge in [0.25, 0.3) is 0 Å². The molecule has 2 rings (SSSR count). The van der Waals surface area contributed by atoms with Gasteiger partial charge in [-0.05, 0) is 23.3 Å². The number of hydrogen-bond acceptors (Lipinski definition) is 4. The van der Waals surface area contributed by atoms with Gasteiger partial charge < -0.3 is 0 Å². The van der Waals surface area contributed by atoms with Crippen LogP contribution in [-0.2, 0) is 0 Å². The van der Waals surface area contributed by atoms with Crippen molar-refractivity contribution < 1.29 is 4.79 Å². The number of rotatable bonds is 2. The minimum atomic E-state index is 0.337. The van der Waals surface area contributed by atoms with Crippen molar-refractivity contribution in [1.29, 1.82) is 0 Å². The summed E-state index contributed by atoms with van der Waals surface area (Å²) in [4.78, 5) is 10.6. The minimum Gasteiger partial charge on any atom is -0.294 e. The second-order valence-electron chi connectivity index (χ2n) is 3.39. The van der Waals surface area contributed by atoms with E-state index in [1.165, 1.54) is 19.3 Å². The number of carbonyl (C=O) groups excluding carboxylic acids is 1. The molecule has 1 saturated carbocycles. The lowest BCUT2D eigenvalue weighted by Crippen LogP contribution is -2.16. The molecule has 1 aliphatic carbocycles. The average Bonchev–Trinajstić information content (AvgIpc) is 2.67. The molecular weight excluding hydrogens is 168 g/mol. The van der Waals surface area contributed by atoms with Gasteiger partial charge in [-0.1, -0.05) is 19.3 Å². The lowest BCUT2D eigenvalue weighted by atomic mass is 9.96. The largest absolute Gasteiger partial charge is 0.294 e. The van der Waals surface area contributed by atoms with E-state index in [0.717, 1.165) is 12.8 Å². The van der Waals surface area contributed by atoms with Crippen molar-refractivity contribution >= 4 is 6.29 Å². The summed E-state index contributed by atoms with van der Waals surface area (Å²) in [6.07, 6.45) is 6.60. The van der Waals surface area contributed by atoms with Crippen molar-refractivity contribution in [3.05, 3.63) is 5.82 Å². The Labute approximate surface area is 76.1 Å². The zero-order valence-electron chi connectivity index (χ0n) is 7.39. The third-order valence-electron chi connectivity index (χ3n) is 2.54. The standard InChI is InChI=1S/C8H12N4O/c13-6-8-9-10-11-12(8)7-4-2-1-3-5-7/h6-7H,1-5H2.